The van der Waals surface area contributed by atoms with Gasteiger partial charge in [0.1, 0.15) is 18.4 Å². The Morgan fingerprint density at radius 3 is 2.51 bits per heavy atom. The highest BCUT2D eigenvalue weighted by molar-refractivity contribution is 6.74. The minimum atomic E-state index is -2.25. The lowest BCUT2D eigenvalue weighted by Crippen LogP contribution is -2.48. The maximum Gasteiger partial charge on any atom is 0.342 e. The molecule has 1 spiro atoms. The number of ether oxygens (including phenoxy) is 4. The summed E-state index contributed by atoms with van der Waals surface area (Å²) in [7, 11) is -0.659. The van der Waals surface area contributed by atoms with Gasteiger partial charge < -0.3 is 27.8 Å². The first-order chi connectivity index (χ1) is 17.4. The summed E-state index contributed by atoms with van der Waals surface area (Å²) in [5.41, 5.74) is 4.52. The van der Waals surface area contributed by atoms with Crippen molar-refractivity contribution in [3.05, 3.63) is 28.5 Å². The number of benzene rings is 1. The zero-order valence-electron chi connectivity index (χ0n) is 23.7. The zero-order valence-corrected chi connectivity index (χ0v) is 24.7. The van der Waals surface area contributed by atoms with Gasteiger partial charge in [-0.1, -0.05) is 27.7 Å². The van der Waals surface area contributed by atoms with Crippen LogP contribution in [0.5, 0.6) is 5.75 Å². The number of methoxy groups -OCH3 is 1. The molecule has 2 heterocycles. The molecule has 7 nitrogen and oxygen atoms in total. The van der Waals surface area contributed by atoms with Crippen molar-refractivity contribution in [2.75, 3.05) is 33.5 Å². The van der Waals surface area contributed by atoms with Gasteiger partial charge in [0.15, 0.2) is 17.1 Å². The topological polar surface area (TPSA) is 76.4 Å². The maximum atomic E-state index is 13.1. The van der Waals surface area contributed by atoms with E-state index in [9.17, 15) is 4.79 Å². The summed E-state index contributed by atoms with van der Waals surface area (Å²) in [6.45, 7) is 17.5. The number of fused-ring (bicyclic) bond motifs is 5. The number of carbonyl (C=O) groups excluding carboxylic acids is 1. The smallest absolute Gasteiger partial charge is 0.342 e. The minimum absolute atomic E-state index is 0.00184. The highest BCUT2D eigenvalue weighted by Crippen LogP contribution is 2.65. The highest BCUT2D eigenvalue weighted by atomic mass is 28.4. The Hall–Kier alpha value is -1.87. The summed E-state index contributed by atoms with van der Waals surface area (Å²) in [5, 5.41) is 0.803. The molecule has 37 heavy (non-hydrogen) atoms. The first kappa shape index (κ1) is 26.7. The van der Waals surface area contributed by atoms with Crippen LogP contribution in [0.2, 0.25) is 18.1 Å². The Balaban J connectivity index is 1.70. The Morgan fingerprint density at radius 1 is 1.16 bits per heavy atom. The van der Waals surface area contributed by atoms with Gasteiger partial charge in [-0.05, 0) is 61.4 Å². The first-order valence-electron chi connectivity index (χ1n) is 13.6. The molecule has 1 aromatic carbocycles. The third-order valence-corrected chi connectivity index (χ3v) is 14.0. The molecular weight excluding hydrogens is 488 g/mol. The molecule has 8 heteroatoms. The Kier molecular flexibility index (Phi) is 6.58. The fourth-order valence-electron chi connectivity index (χ4n) is 6.50. The van der Waals surface area contributed by atoms with Crippen LogP contribution in [0, 0.1) is 12.3 Å². The van der Waals surface area contributed by atoms with Gasteiger partial charge in [0.2, 0.25) is 0 Å². The molecule has 0 amide bonds. The predicted octanol–water partition coefficient (Wildman–Crippen LogP) is 6.50. The van der Waals surface area contributed by atoms with Gasteiger partial charge in [0, 0.05) is 29.9 Å². The van der Waals surface area contributed by atoms with Gasteiger partial charge in [0.05, 0.1) is 19.8 Å². The summed E-state index contributed by atoms with van der Waals surface area (Å²) in [5.74, 6) is 0.0974. The second kappa shape index (κ2) is 9.11. The lowest BCUT2D eigenvalue weighted by molar-refractivity contribution is -0.222. The van der Waals surface area contributed by atoms with Crippen molar-refractivity contribution >= 4 is 25.3 Å². The number of aryl methyl sites for hydroxylation is 1. The van der Waals surface area contributed by atoms with Gasteiger partial charge in [-0.2, -0.15) is 0 Å². The monoisotopic (exact) mass is 530 g/mol. The molecule has 0 bridgehead atoms. The van der Waals surface area contributed by atoms with Crippen LogP contribution >= 0.6 is 0 Å². The van der Waals surface area contributed by atoms with Crippen molar-refractivity contribution in [3.8, 4) is 5.75 Å². The zero-order chi connectivity index (χ0) is 26.8. The molecule has 1 saturated carbocycles. The van der Waals surface area contributed by atoms with Crippen LogP contribution in [-0.2, 0) is 25.4 Å². The second-order valence-corrected chi connectivity index (χ2v) is 17.4. The van der Waals surface area contributed by atoms with Crippen LogP contribution in [0.15, 0.2) is 10.7 Å². The molecule has 204 valence electrons. The maximum absolute atomic E-state index is 13.1. The molecule has 1 aromatic heterocycles. The predicted molar refractivity (Wildman–Crippen MR) is 144 cm³/mol. The molecule has 2 aromatic rings. The fourth-order valence-corrected chi connectivity index (χ4v) is 7.52. The van der Waals surface area contributed by atoms with E-state index in [1.807, 2.05) is 0 Å². The Morgan fingerprint density at radius 2 is 1.86 bits per heavy atom. The van der Waals surface area contributed by atoms with Crippen LogP contribution in [0.25, 0.3) is 11.0 Å². The molecule has 2 atom stereocenters. The van der Waals surface area contributed by atoms with Crippen molar-refractivity contribution < 1.29 is 32.6 Å². The van der Waals surface area contributed by atoms with E-state index < -0.39 is 20.1 Å². The molecule has 0 N–H and O–H groups in total. The third kappa shape index (κ3) is 3.98. The molecule has 1 unspecified atom stereocenters. The fraction of sp³-hybridized carbons (Fsp3) is 0.690. The Labute approximate surface area is 221 Å². The number of rotatable bonds is 6. The lowest BCUT2D eigenvalue weighted by atomic mass is 9.63. The van der Waals surface area contributed by atoms with Crippen molar-refractivity contribution in [3.63, 3.8) is 0 Å². The van der Waals surface area contributed by atoms with Crippen molar-refractivity contribution in [1.82, 2.24) is 0 Å². The van der Waals surface area contributed by atoms with E-state index in [4.69, 9.17) is 27.8 Å². The summed E-state index contributed by atoms with van der Waals surface area (Å²) in [4.78, 5) is 13.1. The van der Waals surface area contributed by atoms with E-state index in [2.05, 4.69) is 47.7 Å². The lowest BCUT2D eigenvalue weighted by Gasteiger charge is -2.47. The number of furan rings is 1. The first-order valence-corrected chi connectivity index (χ1v) is 16.5. The van der Waals surface area contributed by atoms with E-state index in [-0.39, 0.29) is 23.0 Å². The van der Waals surface area contributed by atoms with Gasteiger partial charge in [-0.3, -0.25) is 0 Å². The number of hydrogen-bond acceptors (Lipinski definition) is 7. The summed E-state index contributed by atoms with van der Waals surface area (Å²) in [6.07, 6.45) is 5.21. The minimum Gasteiger partial charge on any atom is -0.541 e. The van der Waals surface area contributed by atoms with E-state index in [1.54, 1.807) is 7.11 Å². The largest absolute Gasteiger partial charge is 0.541 e. The average Bonchev–Trinajstić information content (AvgIpc) is 3.55. The van der Waals surface area contributed by atoms with Crippen molar-refractivity contribution in [1.29, 1.82) is 0 Å². The quantitative estimate of drug-likeness (QED) is 0.240. The molecular formula is C29H42O7Si. The molecule has 1 aliphatic heterocycles. The average molecular weight is 531 g/mol. The van der Waals surface area contributed by atoms with E-state index in [0.717, 1.165) is 42.4 Å². The van der Waals surface area contributed by atoms with Crippen LogP contribution in [0.1, 0.15) is 79.9 Å². The molecule has 2 fully saturated rings. The van der Waals surface area contributed by atoms with Crippen LogP contribution in [0.4, 0.5) is 0 Å². The number of hydrogen-bond donors (Lipinski definition) is 0. The van der Waals surface area contributed by atoms with Gasteiger partial charge in [-0.25, -0.2) is 4.79 Å². The van der Waals surface area contributed by atoms with Gasteiger partial charge in [-0.15, -0.1) is 0 Å². The summed E-state index contributed by atoms with van der Waals surface area (Å²) in [6, 6.07) is 0. The van der Waals surface area contributed by atoms with Crippen LogP contribution in [-0.4, -0.2) is 53.6 Å². The third-order valence-electron chi connectivity index (χ3n) is 9.70. The van der Waals surface area contributed by atoms with Crippen molar-refractivity contribution in [2.45, 2.75) is 90.1 Å². The summed E-state index contributed by atoms with van der Waals surface area (Å²) < 4.78 is 36.5. The number of carbonyl (C=O) groups is 1. The van der Waals surface area contributed by atoms with E-state index in [0.29, 0.717) is 31.0 Å². The normalized spacial score (nSPS) is 24.9. The van der Waals surface area contributed by atoms with Crippen molar-refractivity contribution in [2.24, 2.45) is 5.41 Å². The number of esters is 1. The second-order valence-electron chi connectivity index (χ2n) is 12.6. The summed E-state index contributed by atoms with van der Waals surface area (Å²) >= 11 is 0. The van der Waals surface area contributed by atoms with Gasteiger partial charge in [0.25, 0.3) is 8.32 Å². The van der Waals surface area contributed by atoms with E-state index in [1.165, 1.54) is 17.4 Å². The SMILES string of the molecule is COCCOC(=O)c1coc2c(O[Si](C)(C)C(C)(C)C)c3c(c(C)c12)CCC1(C)[C@H]3CCC12OCCO2. The molecule has 1 saturated heterocycles. The van der Waals surface area contributed by atoms with E-state index >= 15 is 0 Å². The molecule has 3 aliphatic rings. The standard InChI is InChI=1S/C29H42O7Si/c1-18-19-9-11-28(5)21(10-12-29(28)34-15-16-35-29)23(19)25(36-37(7,8)27(2,3)4)24-22(18)20(17-33-24)26(30)32-14-13-31-6/h17,21H,9-16H2,1-8H3/t21-,28?/m0/s1. The van der Waals surface area contributed by atoms with Crippen LogP contribution in [0.3, 0.4) is 0 Å². The van der Waals surface area contributed by atoms with Crippen LogP contribution < -0.4 is 4.43 Å². The molecule has 2 aliphatic carbocycles. The highest BCUT2D eigenvalue weighted by Gasteiger charge is 2.63. The van der Waals surface area contributed by atoms with Gasteiger partial charge >= 0.3 is 5.97 Å². The Bertz CT molecular complexity index is 1200. The molecule has 5 rings (SSSR count). The molecule has 0 radical (unpaired) electrons.